The van der Waals surface area contributed by atoms with Crippen molar-refractivity contribution < 1.29 is 23.5 Å². The van der Waals surface area contributed by atoms with Crippen molar-refractivity contribution in [2.75, 3.05) is 4.90 Å². The van der Waals surface area contributed by atoms with Gasteiger partial charge in [0.1, 0.15) is 23.1 Å². The number of carbonyl (C=O) groups excluding carboxylic acids is 3. The van der Waals surface area contributed by atoms with E-state index in [0.717, 1.165) is 4.90 Å². The molecule has 6 heteroatoms. The first kappa shape index (κ1) is 19.7. The van der Waals surface area contributed by atoms with E-state index in [4.69, 9.17) is 4.74 Å². The third kappa shape index (κ3) is 3.30. The van der Waals surface area contributed by atoms with E-state index in [1.807, 2.05) is 0 Å². The molecule has 0 radical (unpaired) electrons. The van der Waals surface area contributed by atoms with E-state index in [2.05, 4.69) is 0 Å². The lowest BCUT2D eigenvalue weighted by molar-refractivity contribution is -0.122. The largest absolute Gasteiger partial charge is 0.443 e. The Morgan fingerprint density at radius 1 is 1.18 bits per heavy atom. The summed E-state index contributed by atoms with van der Waals surface area (Å²) in [4.78, 5) is 38.5. The summed E-state index contributed by atoms with van der Waals surface area (Å²) >= 11 is 0. The van der Waals surface area contributed by atoms with Gasteiger partial charge < -0.3 is 9.53 Å². The summed E-state index contributed by atoms with van der Waals surface area (Å²) in [6, 6.07) is 12.7. The van der Waals surface area contributed by atoms with Crippen LogP contribution in [0.15, 0.2) is 48.5 Å². The standard InChI is InChI=1S/C22H22FNO4/c1-21(2,3)28-20(27)24-18-11-10-16(23)14-17(18)22(19(24)26,12-7-13-25)15-8-5-4-6-9-15/h4-6,8-11,13-14H,7,12H2,1-3H3/t22-/m0/s1. The molecule has 1 aliphatic heterocycles. The van der Waals surface area contributed by atoms with Gasteiger partial charge >= 0.3 is 6.09 Å². The summed E-state index contributed by atoms with van der Waals surface area (Å²) in [5.41, 5.74) is -0.916. The molecule has 0 saturated carbocycles. The molecule has 0 saturated heterocycles. The van der Waals surface area contributed by atoms with E-state index in [9.17, 15) is 18.8 Å². The molecule has 28 heavy (non-hydrogen) atoms. The first-order valence-corrected chi connectivity index (χ1v) is 9.07. The number of hydrogen-bond acceptors (Lipinski definition) is 4. The van der Waals surface area contributed by atoms with Crippen LogP contribution in [0.2, 0.25) is 0 Å². The van der Waals surface area contributed by atoms with Crippen LogP contribution in [-0.2, 0) is 19.7 Å². The fourth-order valence-corrected chi connectivity index (χ4v) is 3.61. The molecule has 0 aromatic heterocycles. The van der Waals surface area contributed by atoms with Gasteiger partial charge in [0.15, 0.2) is 0 Å². The van der Waals surface area contributed by atoms with Crippen molar-refractivity contribution in [1.29, 1.82) is 0 Å². The highest BCUT2D eigenvalue weighted by Gasteiger charge is 2.54. The molecule has 0 N–H and O–H groups in total. The molecular formula is C22H22FNO4. The number of amides is 2. The Hall–Kier alpha value is -3.02. The Morgan fingerprint density at radius 2 is 1.86 bits per heavy atom. The zero-order valence-corrected chi connectivity index (χ0v) is 16.1. The van der Waals surface area contributed by atoms with Gasteiger partial charge in [0, 0.05) is 6.42 Å². The number of ether oxygens (including phenoxy) is 1. The second kappa shape index (κ2) is 7.19. The minimum atomic E-state index is -1.34. The molecule has 0 bridgehead atoms. The van der Waals surface area contributed by atoms with Crippen molar-refractivity contribution >= 4 is 24.0 Å². The van der Waals surface area contributed by atoms with Crippen LogP contribution in [0, 0.1) is 5.82 Å². The van der Waals surface area contributed by atoms with Crippen molar-refractivity contribution in [3.8, 4) is 0 Å². The second-order valence-electron chi connectivity index (χ2n) is 7.76. The van der Waals surface area contributed by atoms with Gasteiger partial charge in [-0.05, 0) is 56.5 Å². The van der Waals surface area contributed by atoms with Gasteiger partial charge in [0.25, 0.3) is 5.91 Å². The number of rotatable bonds is 4. The van der Waals surface area contributed by atoms with Crippen LogP contribution in [0.3, 0.4) is 0 Å². The predicted octanol–water partition coefficient (Wildman–Crippen LogP) is 4.37. The van der Waals surface area contributed by atoms with Gasteiger partial charge in [-0.3, -0.25) is 4.79 Å². The molecule has 146 valence electrons. The Labute approximate surface area is 163 Å². The van der Waals surface area contributed by atoms with E-state index in [1.165, 1.54) is 18.2 Å². The summed E-state index contributed by atoms with van der Waals surface area (Å²) in [6.07, 6.45) is 0.0928. The Bertz CT molecular complexity index is 920. The minimum Gasteiger partial charge on any atom is -0.443 e. The Kier molecular flexibility index (Phi) is 5.06. The maximum Gasteiger partial charge on any atom is 0.421 e. The van der Waals surface area contributed by atoms with Gasteiger partial charge in [-0.2, -0.15) is 0 Å². The van der Waals surface area contributed by atoms with Gasteiger partial charge in [-0.25, -0.2) is 14.1 Å². The molecule has 1 heterocycles. The number of imide groups is 1. The van der Waals surface area contributed by atoms with Crippen LogP contribution >= 0.6 is 0 Å². The molecule has 3 rings (SSSR count). The molecule has 5 nitrogen and oxygen atoms in total. The number of halogens is 1. The van der Waals surface area contributed by atoms with Crippen molar-refractivity contribution in [2.24, 2.45) is 0 Å². The third-order valence-electron chi connectivity index (χ3n) is 4.71. The lowest BCUT2D eigenvalue weighted by atomic mass is 9.72. The highest BCUT2D eigenvalue weighted by Crippen LogP contribution is 2.49. The van der Waals surface area contributed by atoms with Crippen LogP contribution in [0.25, 0.3) is 0 Å². The van der Waals surface area contributed by atoms with Crippen molar-refractivity contribution in [1.82, 2.24) is 0 Å². The number of benzene rings is 2. The van der Waals surface area contributed by atoms with Crippen LogP contribution in [0.5, 0.6) is 0 Å². The molecule has 2 aromatic rings. The first-order chi connectivity index (χ1) is 13.2. The smallest absolute Gasteiger partial charge is 0.421 e. The van der Waals surface area contributed by atoms with E-state index >= 15 is 0 Å². The molecule has 0 aliphatic carbocycles. The van der Waals surface area contributed by atoms with Crippen LogP contribution < -0.4 is 4.90 Å². The van der Waals surface area contributed by atoms with Crippen molar-refractivity contribution in [3.63, 3.8) is 0 Å². The van der Waals surface area contributed by atoms with Gasteiger partial charge in [0.2, 0.25) is 0 Å². The summed E-state index contributed by atoms with van der Waals surface area (Å²) in [7, 11) is 0. The predicted molar refractivity (Wildman–Crippen MR) is 103 cm³/mol. The van der Waals surface area contributed by atoms with Crippen molar-refractivity contribution in [2.45, 2.75) is 44.6 Å². The number of aldehydes is 1. The third-order valence-corrected chi connectivity index (χ3v) is 4.71. The first-order valence-electron chi connectivity index (χ1n) is 9.07. The summed E-state index contributed by atoms with van der Waals surface area (Å²) in [6.45, 7) is 5.11. The fourth-order valence-electron chi connectivity index (χ4n) is 3.61. The lowest BCUT2D eigenvalue weighted by Crippen LogP contribution is -2.46. The number of nitrogens with zero attached hydrogens (tertiary/aromatic N) is 1. The molecular weight excluding hydrogens is 361 g/mol. The highest BCUT2D eigenvalue weighted by atomic mass is 19.1. The van der Waals surface area contributed by atoms with E-state index in [1.54, 1.807) is 51.1 Å². The maximum atomic E-state index is 14.2. The Balaban J connectivity index is 2.23. The van der Waals surface area contributed by atoms with Crippen LogP contribution in [-0.4, -0.2) is 23.9 Å². The lowest BCUT2D eigenvalue weighted by Gasteiger charge is -2.29. The van der Waals surface area contributed by atoms with E-state index < -0.39 is 28.8 Å². The molecule has 1 aliphatic rings. The molecule has 2 amide bonds. The zero-order valence-electron chi connectivity index (χ0n) is 16.1. The highest BCUT2D eigenvalue weighted by molar-refractivity contribution is 6.22. The summed E-state index contributed by atoms with van der Waals surface area (Å²) in [5, 5.41) is 0. The van der Waals surface area contributed by atoms with Crippen molar-refractivity contribution in [3.05, 3.63) is 65.5 Å². The Morgan fingerprint density at radius 3 is 2.46 bits per heavy atom. The number of anilines is 1. The maximum absolute atomic E-state index is 14.2. The monoisotopic (exact) mass is 383 g/mol. The quantitative estimate of drug-likeness (QED) is 0.736. The zero-order chi connectivity index (χ0) is 20.5. The number of fused-ring (bicyclic) bond motifs is 1. The van der Waals surface area contributed by atoms with E-state index in [0.29, 0.717) is 17.4 Å². The van der Waals surface area contributed by atoms with Gasteiger partial charge in [-0.15, -0.1) is 0 Å². The topological polar surface area (TPSA) is 63.7 Å². The minimum absolute atomic E-state index is 0.0821. The normalized spacial score (nSPS) is 18.7. The summed E-state index contributed by atoms with van der Waals surface area (Å²) in [5.74, 6) is -1.07. The average Bonchev–Trinajstić information content (AvgIpc) is 2.87. The van der Waals surface area contributed by atoms with Crippen LogP contribution in [0.4, 0.5) is 14.9 Å². The van der Waals surface area contributed by atoms with Crippen LogP contribution in [0.1, 0.15) is 44.7 Å². The molecule has 0 spiro atoms. The summed E-state index contributed by atoms with van der Waals surface area (Å²) < 4.78 is 19.6. The number of hydrogen-bond donors (Lipinski definition) is 0. The SMILES string of the molecule is CC(C)(C)OC(=O)N1C(=O)[C@@](CCC=O)(c2ccccc2)c2cc(F)ccc21. The van der Waals surface area contributed by atoms with Gasteiger partial charge in [-0.1, -0.05) is 30.3 Å². The molecule has 2 aromatic carbocycles. The fraction of sp³-hybridized carbons (Fsp3) is 0.318. The van der Waals surface area contributed by atoms with E-state index in [-0.39, 0.29) is 18.5 Å². The number of carbonyl (C=O) groups is 3. The molecule has 1 atom stereocenters. The molecule has 0 unspecified atom stereocenters. The average molecular weight is 383 g/mol. The van der Waals surface area contributed by atoms with Gasteiger partial charge in [0.05, 0.1) is 5.69 Å². The second-order valence-corrected chi connectivity index (χ2v) is 7.76. The molecule has 0 fully saturated rings.